The van der Waals surface area contributed by atoms with Crippen LogP contribution in [0.5, 0.6) is 0 Å². The SMILES string of the molecule is CCC1CCC(CN)(Cc2cc(C)ccc2C)C1. The summed E-state index contributed by atoms with van der Waals surface area (Å²) in [5.74, 6) is 0.902. The van der Waals surface area contributed by atoms with Crippen molar-refractivity contribution in [1.82, 2.24) is 0 Å². The largest absolute Gasteiger partial charge is 0.330 e. The molecule has 1 fully saturated rings. The van der Waals surface area contributed by atoms with Crippen molar-refractivity contribution in [3.8, 4) is 0 Å². The van der Waals surface area contributed by atoms with E-state index < -0.39 is 0 Å². The van der Waals surface area contributed by atoms with Crippen LogP contribution in [-0.2, 0) is 6.42 Å². The van der Waals surface area contributed by atoms with Gasteiger partial charge < -0.3 is 5.73 Å². The second-order valence-corrected chi connectivity index (χ2v) is 6.33. The molecule has 1 aromatic carbocycles. The highest BCUT2D eigenvalue weighted by atomic mass is 14.6. The van der Waals surface area contributed by atoms with E-state index in [0.717, 1.165) is 12.5 Å². The van der Waals surface area contributed by atoms with Crippen molar-refractivity contribution in [1.29, 1.82) is 0 Å². The molecule has 1 heteroatoms. The molecular formula is C17H27N. The minimum atomic E-state index is 0.374. The van der Waals surface area contributed by atoms with Gasteiger partial charge >= 0.3 is 0 Å². The summed E-state index contributed by atoms with van der Waals surface area (Å²) < 4.78 is 0. The van der Waals surface area contributed by atoms with Crippen molar-refractivity contribution in [3.63, 3.8) is 0 Å². The molecule has 0 bridgehead atoms. The average molecular weight is 245 g/mol. The first-order chi connectivity index (χ1) is 8.58. The summed E-state index contributed by atoms with van der Waals surface area (Å²) in [7, 11) is 0. The molecule has 0 aromatic heterocycles. The first-order valence-corrected chi connectivity index (χ1v) is 7.35. The number of rotatable bonds is 4. The van der Waals surface area contributed by atoms with Crippen LogP contribution in [0, 0.1) is 25.2 Å². The number of nitrogens with two attached hydrogens (primary N) is 1. The number of aryl methyl sites for hydroxylation is 2. The maximum Gasteiger partial charge on any atom is -0.00172 e. The van der Waals surface area contributed by atoms with E-state index in [1.807, 2.05) is 0 Å². The highest BCUT2D eigenvalue weighted by Crippen LogP contribution is 2.45. The Bertz CT molecular complexity index is 410. The topological polar surface area (TPSA) is 26.0 Å². The standard InChI is InChI=1S/C17H27N/c1-4-15-7-8-17(10-15,12-18)11-16-9-13(2)5-6-14(16)3/h5-6,9,15H,4,7-8,10-12,18H2,1-3H3. The minimum Gasteiger partial charge on any atom is -0.330 e. The highest BCUT2D eigenvalue weighted by molar-refractivity contribution is 5.31. The molecule has 2 N–H and O–H groups in total. The number of hydrogen-bond donors (Lipinski definition) is 1. The predicted octanol–water partition coefficient (Wildman–Crippen LogP) is 4.00. The fraction of sp³-hybridized carbons (Fsp3) is 0.647. The van der Waals surface area contributed by atoms with Crippen molar-refractivity contribution >= 4 is 0 Å². The molecule has 0 saturated heterocycles. The Morgan fingerprint density at radius 3 is 2.72 bits per heavy atom. The van der Waals surface area contributed by atoms with E-state index in [1.54, 1.807) is 0 Å². The zero-order valence-electron chi connectivity index (χ0n) is 12.1. The van der Waals surface area contributed by atoms with E-state index in [4.69, 9.17) is 5.73 Å². The third kappa shape index (κ3) is 2.77. The van der Waals surface area contributed by atoms with Crippen LogP contribution in [0.1, 0.15) is 49.3 Å². The second-order valence-electron chi connectivity index (χ2n) is 6.33. The Balaban J connectivity index is 2.18. The second kappa shape index (κ2) is 5.44. The molecule has 1 aliphatic rings. The summed E-state index contributed by atoms with van der Waals surface area (Å²) in [5.41, 5.74) is 10.8. The van der Waals surface area contributed by atoms with Crippen LogP contribution in [0.3, 0.4) is 0 Å². The molecule has 2 rings (SSSR count). The molecule has 0 heterocycles. The van der Waals surface area contributed by atoms with Gasteiger partial charge in [0.1, 0.15) is 0 Å². The molecule has 0 radical (unpaired) electrons. The third-order valence-electron chi connectivity index (χ3n) is 4.89. The Morgan fingerprint density at radius 1 is 1.33 bits per heavy atom. The Kier molecular flexibility index (Phi) is 4.11. The smallest absolute Gasteiger partial charge is 0.00172 e. The van der Waals surface area contributed by atoms with Gasteiger partial charge in [-0.15, -0.1) is 0 Å². The fourth-order valence-electron chi connectivity index (χ4n) is 3.49. The summed E-state index contributed by atoms with van der Waals surface area (Å²) in [5, 5.41) is 0. The van der Waals surface area contributed by atoms with E-state index in [1.165, 1.54) is 48.8 Å². The normalized spacial score (nSPS) is 27.7. The van der Waals surface area contributed by atoms with Gasteiger partial charge in [-0.2, -0.15) is 0 Å². The van der Waals surface area contributed by atoms with Gasteiger partial charge in [0, 0.05) is 0 Å². The molecule has 2 atom stereocenters. The molecule has 0 aliphatic heterocycles. The number of hydrogen-bond acceptors (Lipinski definition) is 1. The molecule has 1 aromatic rings. The average Bonchev–Trinajstić information content (AvgIpc) is 2.78. The summed E-state index contributed by atoms with van der Waals surface area (Å²) in [4.78, 5) is 0. The third-order valence-corrected chi connectivity index (χ3v) is 4.89. The lowest BCUT2D eigenvalue weighted by Crippen LogP contribution is -2.30. The molecule has 1 saturated carbocycles. The van der Waals surface area contributed by atoms with E-state index in [0.29, 0.717) is 5.41 Å². The monoisotopic (exact) mass is 245 g/mol. The van der Waals surface area contributed by atoms with Crippen LogP contribution >= 0.6 is 0 Å². The van der Waals surface area contributed by atoms with Crippen molar-refractivity contribution < 1.29 is 0 Å². The van der Waals surface area contributed by atoms with Gasteiger partial charge in [-0.05, 0) is 68.5 Å². The van der Waals surface area contributed by atoms with Crippen LogP contribution in [-0.4, -0.2) is 6.54 Å². The van der Waals surface area contributed by atoms with Crippen molar-refractivity contribution in [3.05, 3.63) is 34.9 Å². The molecular weight excluding hydrogens is 218 g/mol. The van der Waals surface area contributed by atoms with E-state index in [2.05, 4.69) is 39.0 Å². The van der Waals surface area contributed by atoms with Gasteiger partial charge in [0.05, 0.1) is 0 Å². The van der Waals surface area contributed by atoms with Gasteiger partial charge in [0.2, 0.25) is 0 Å². The lowest BCUT2D eigenvalue weighted by Gasteiger charge is -2.29. The number of benzene rings is 1. The van der Waals surface area contributed by atoms with Gasteiger partial charge in [0.15, 0.2) is 0 Å². The fourth-order valence-corrected chi connectivity index (χ4v) is 3.49. The lowest BCUT2D eigenvalue weighted by molar-refractivity contribution is 0.290. The first kappa shape index (κ1) is 13.6. The summed E-state index contributed by atoms with van der Waals surface area (Å²) >= 11 is 0. The van der Waals surface area contributed by atoms with Crippen molar-refractivity contribution in [2.45, 2.75) is 52.9 Å². The minimum absolute atomic E-state index is 0.374. The molecule has 18 heavy (non-hydrogen) atoms. The van der Waals surface area contributed by atoms with Gasteiger partial charge in [-0.3, -0.25) is 0 Å². The van der Waals surface area contributed by atoms with Crippen LogP contribution in [0.4, 0.5) is 0 Å². The zero-order valence-corrected chi connectivity index (χ0v) is 12.1. The van der Waals surface area contributed by atoms with Crippen LogP contribution in [0.25, 0.3) is 0 Å². The van der Waals surface area contributed by atoms with E-state index in [9.17, 15) is 0 Å². The molecule has 1 nitrogen and oxygen atoms in total. The Hall–Kier alpha value is -0.820. The molecule has 2 unspecified atom stereocenters. The molecule has 1 aliphatic carbocycles. The van der Waals surface area contributed by atoms with Gasteiger partial charge in [-0.25, -0.2) is 0 Å². The molecule has 100 valence electrons. The van der Waals surface area contributed by atoms with Crippen molar-refractivity contribution in [2.75, 3.05) is 6.54 Å². The van der Waals surface area contributed by atoms with E-state index >= 15 is 0 Å². The quantitative estimate of drug-likeness (QED) is 0.852. The predicted molar refractivity (Wildman–Crippen MR) is 78.7 cm³/mol. The summed E-state index contributed by atoms with van der Waals surface area (Å²) in [6, 6.07) is 6.81. The first-order valence-electron chi connectivity index (χ1n) is 7.35. The maximum atomic E-state index is 6.12. The van der Waals surface area contributed by atoms with Gasteiger partial charge in [0.25, 0.3) is 0 Å². The van der Waals surface area contributed by atoms with Crippen LogP contribution in [0.2, 0.25) is 0 Å². The molecule has 0 spiro atoms. The highest BCUT2D eigenvalue weighted by Gasteiger charge is 2.37. The Morgan fingerprint density at radius 2 is 2.11 bits per heavy atom. The van der Waals surface area contributed by atoms with Crippen molar-refractivity contribution in [2.24, 2.45) is 17.1 Å². The van der Waals surface area contributed by atoms with Crippen LogP contribution < -0.4 is 5.73 Å². The zero-order chi connectivity index (χ0) is 13.2. The maximum absolute atomic E-state index is 6.12. The molecule has 0 amide bonds. The van der Waals surface area contributed by atoms with Crippen LogP contribution in [0.15, 0.2) is 18.2 Å². The summed E-state index contributed by atoms with van der Waals surface area (Å²) in [6.07, 6.45) is 6.50. The summed E-state index contributed by atoms with van der Waals surface area (Å²) in [6.45, 7) is 7.57. The lowest BCUT2D eigenvalue weighted by atomic mass is 9.78. The Labute approximate surface area is 112 Å². The van der Waals surface area contributed by atoms with Gasteiger partial charge in [-0.1, -0.05) is 37.1 Å². The van der Waals surface area contributed by atoms with E-state index in [-0.39, 0.29) is 0 Å².